The third kappa shape index (κ3) is 7.13. The van der Waals surface area contributed by atoms with Crippen LogP contribution in [0.25, 0.3) is 22.3 Å². The van der Waals surface area contributed by atoms with Gasteiger partial charge in [-0.05, 0) is 47.2 Å². The molecule has 2 amide bonds. The largest absolute Gasteiger partial charge is 0.496 e. The number of primary sulfonamides is 1. The van der Waals surface area contributed by atoms with Crippen LogP contribution < -0.4 is 20.5 Å². The minimum atomic E-state index is -3.86. The summed E-state index contributed by atoms with van der Waals surface area (Å²) in [6.45, 7) is 0.691. The monoisotopic (exact) mass is 597 g/mol. The second kappa shape index (κ2) is 13.2. The molecule has 9 heteroatoms. The van der Waals surface area contributed by atoms with Crippen molar-refractivity contribution in [3.05, 3.63) is 108 Å². The molecule has 0 bridgehead atoms. The van der Waals surface area contributed by atoms with Crippen LogP contribution in [0.3, 0.4) is 0 Å². The van der Waals surface area contributed by atoms with E-state index < -0.39 is 10.0 Å². The number of para-hydroxylation sites is 1. The minimum absolute atomic E-state index is 0.0615. The summed E-state index contributed by atoms with van der Waals surface area (Å²) in [5.41, 5.74) is 5.10. The Morgan fingerprint density at radius 2 is 1.19 bits per heavy atom. The van der Waals surface area contributed by atoms with E-state index in [0.717, 1.165) is 34.4 Å². The van der Waals surface area contributed by atoms with Gasteiger partial charge in [-0.15, -0.1) is 0 Å². The lowest BCUT2D eigenvalue weighted by Crippen LogP contribution is -2.39. The van der Waals surface area contributed by atoms with Gasteiger partial charge in [0, 0.05) is 36.1 Å². The average molecular weight is 598 g/mol. The fraction of sp³-hybridized carbons (Fsp3) is 0.235. The lowest BCUT2D eigenvalue weighted by molar-refractivity contribution is -0.133. The molecule has 1 aliphatic carbocycles. The summed E-state index contributed by atoms with van der Waals surface area (Å²) < 4.78 is 29.4. The number of benzene rings is 4. The maximum Gasteiger partial charge on any atom is 0.238 e. The van der Waals surface area contributed by atoms with E-state index in [9.17, 15) is 18.0 Å². The van der Waals surface area contributed by atoms with Crippen molar-refractivity contribution in [2.45, 2.75) is 37.2 Å². The van der Waals surface area contributed by atoms with Gasteiger partial charge in [0.2, 0.25) is 21.8 Å². The Morgan fingerprint density at radius 1 is 0.721 bits per heavy atom. The van der Waals surface area contributed by atoms with Crippen LogP contribution in [0.2, 0.25) is 0 Å². The van der Waals surface area contributed by atoms with Crippen molar-refractivity contribution in [3.63, 3.8) is 0 Å². The van der Waals surface area contributed by atoms with E-state index >= 15 is 0 Å². The third-order valence-corrected chi connectivity index (χ3v) is 8.92. The normalized spacial score (nSPS) is 16.4. The average Bonchev–Trinajstić information content (AvgIpc) is 3.53. The van der Waals surface area contributed by atoms with Crippen molar-refractivity contribution in [1.29, 1.82) is 0 Å². The molecule has 43 heavy (non-hydrogen) atoms. The first-order valence-electron chi connectivity index (χ1n) is 14.2. The Hall–Kier alpha value is -4.47. The van der Waals surface area contributed by atoms with E-state index in [0.29, 0.717) is 37.1 Å². The fourth-order valence-electron chi connectivity index (χ4n) is 5.67. The van der Waals surface area contributed by atoms with Gasteiger partial charge >= 0.3 is 0 Å². The zero-order valence-electron chi connectivity index (χ0n) is 24.0. The first-order chi connectivity index (χ1) is 20.7. The maximum absolute atomic E-state index is 13.1. The molecule has 2 unspecified atom stereocenters. The highest BCUT2D eigenvalue weighted by Gasteiger charge is 2.37. The Bertz CT molecular complexity index is 1700. The van der Waals surface area contributed by atoms with Gasteiger partial charge in [-0.3, -0.25) is 9.59 Å². The molecule has 8 nitrogen and oxygen atoms in total. The number of sulfonamides is 1. The van der Waals surface area contributed by atoms with Crippen molar-refractivity contribution in [3.8, 4) is 28.0 Å². The number of ether oxygens (including phenoxy) is 1. The van der Waals surface area contributed by atoms with E-state index in [1.807, 2.05) is 60.7 Å². The molecular weight excluding hydrogens is 562 g/mol. The lowest BCUT2D eigenvalue weighted by Gasteiger charge is -2.19. The molecule has 1 saturated carbocycles. The summed E-state index contributed by atoms with van der Waals surface area (Å²) >= 11 is 0. The number of methoxy groups -OCH3 is 1. The predicted molar refractivity (Wildman–Crippen MR) is 166 cm³/mol. The van der Waals surface area contributed by atoms with E-state index in [4.69, 9.17) is 9.88 Å². The van der Waals surface area contributed by atoms with Gasteiger partial charge in [0.25, 0.3) is 0 Å². The Morgan fingerprint density at radius 3 is 1.70 bits per heavy atom. The van der Waals surface area contributed by atoms with E-state index in [1.54, 1.807) is 37.4 Å². The molecule has 0 spiro atoms. The molecule has 222 valence electrons. The van der Waals surface area contributed by atoms with Gasteiger partial charge in [-0.1, -0.05) is 91.3 Å². The molecule has 0 heterocycles. The van der Waals surface area contributed by atoms with Crippen molar-refractivity contribution < 1.29 is 22.7 Å². The summed E-state index contributed by atoms with van der Waals surface area (Å²) in [6.07, 6.45) is 2.16. The smallest absolute Gasteiger partial charge is 0.238 e. The molecule has 0 aliphatic heterocycles. The summed E-state index contributed by atoms with van der Waals surface area (Å²) in [5.74, 6) is -0.192. The Labute approximate surface area is 252 Å². The van der Waals surface area contributed by atoms with Crippen LogP contribution in [0.1, 0.15) is 30.4 Å². The molecule has 4 aromatic carbocycles. The Kier molecular flexibility index (Phi) is 9.23. The number of hydrogen-bond acceptors (Lipinski definition) is 5. The number of rotatable bonds is 10. The Balaban J connectivity index is 1.15. The summed E-state index contributed by atoms with van der Waals surface area (Å²) in [6, 6.07) is 29.7. The van der Waals surface area contributed by atoms with E-state index in [1.165, 1.54) is 6.07 Å². The van der Waals surface area contributed by atoms with Crippen LogP contribution in [0.4, 0.5) is 0 Å². The number of nitrogens with two attached hydrogens (primary N) is 1. The zero-order chi connectivity index (χ0) is 30.4. The van der Waals surface area contributed by atoms with Gasteiger partial charge in [-0.2, -0.15) is 0 Å². The fourth-order valence-corrected chi connectivity index (χ4v) is 6.43. The van der Waals surface area contributed by atoms with Crippen LogP contribution in [0.5, 0.6) is 5.75 Å². The van der Waals surface area contributed by atoms with Gasteiger partial charge in [0.1, 0.15) is 5.75 Å². The topological polar surface area (TPSA) is 128 Å². The highest BCUT2D eigenvalue weighted by Crippen LogP contribution is 2.33. The van der Waals surface area contributed by atoms with Gasteiger partial charge < -0.3 is 15.4 Å². The number of nitrogens with one attached hydrogen (secondary N) is 2. The number of carbonyl (C=O) groups is 2. The number of hydrogen-bond donors (Lipinski definition) is 3. The molecule has 0 radical (unpaired) electrons. The van der Waals surface area contributed by atoms with E-state index in [2.05, 4.69) is 10.6 Å². The van der Waals surface area contributed by atoms with Crippen LogP contribution in [-0.4, -0.2) is 27.3 Å². The van der Waals surface area contributed by atoms with Crippen molar-refractivity contribution in [1.82, 2.24) is 10.6 Å². The van der Waals surface area contributed by atoms with Crippen LogP contribution in [-0.2, 0) is 32.7 Å². The third-order valence-electron chi connectivity index (χ3n) is 7.95. The van der Waals surface area contributed by atoms with Crippen LogP contribution >= 0.6 is 0 Å². The minimum Gasteiger partial charge on any atom is -0.496 e. The molecule has 4 N–H and O–H groups in total. The number of amides is 2. The first kappa shape index (κ1) is 30.0. The molecule has 0 aromatic heterocycles. The summed E-state index contributed by atoms with van der Waals surface area (Å²) in [7, 11) is -2.21. The molecule has 1 fully saturated rings. The molecule has 4 aromatic rings. The standard InChI is InChI=1S/C34H35N3O5S/c1-42-31-11-4-2-7-27(31)25-17-13-23(14-18-25)21-36-33(38)29-9-6-10-30(29)34(39)37-22-24-15-19-26(20-16-24)28-8-3-5-12-32(28)43(35,40)41/h2-5,7-8,11-20,29-30H,6,9-10,21-22H2,1H3,(H,36,38)(H,37,39)(H2,35,40,41). The first-order valence-corrected chi connectivity index (χ1v) is 15.8. The van der Waals surface area contributed by atoms with Gasteiger partial charge in [0.05, 0.1) is 12.0 Å². The van der Waals surface area contributed by atoms with E-state index in [-0.39, 0.29) is 28.5 Å². The summed E-state index contributed by atoms with van der Waals surface area (Å²) in [4.78, 5) is 26.2. The molecule has 5 rings (SSSR count). The predicted octanol–water partition coefficient (Wildman–Crippen LogP) is 5.03. The van der Waals surface area contributed by atoms with Gasteiger partial charge in [-0.25, -0.2) is 13.6 Å². The number of carbonyl (C=O) groups excluding carboxylic acids is 2. The van der Waals surface area contributed by atoms with Crippen molar-refractivity contribution in [2.75, 3.05) is 7.11 Å². The maximum atomic E-state index is 13.1. The zero-order valence-corrected chi connectivity index (χ0v) is 24.8. The lowest BCUT2D eigenvalue weighted by atomic mass is 9.94. The highest BCUT2D eigenvalue weighted by molar-refractivity contribution is 7.89. The van der Waals surface area contributed by atoms with Crippen LogP contribution in [0, 0.1) is 11.8 Å². The molecule has 2 atom stereocenters. The SMILES string of the molecule is COc1ccccc1-c1ccc(CNC(=O)C2CCCC2C(=O)NCc2ccc(-c3ccccc3S(N)(=O)=O)cc2)cc1. The second-order valence-corrected chi connectivity index (χ2v) is 12.2. The highest BCUT2D eigenvalue weighted by atomic mass is 32.2. The van der Waals surface area contributed by atoms with Crippen molar-refractivity contribution >= 4 is 21.8 Å². The van der Waals surface area contributed by atoms with Gasteiger partial charge in [0.15, 0.2) is 0 Å². The van der Waals surface area contributed by atoms with Crippen molar-refractivity contribution in [2.24, 2.45) is 17.0 Å². The van der Waals surface area contributed by atoms with Crippen LogP contribution in [0.15, 0.2) is 102 Å². The quantitative estimate of drug-likeness (QED) is 0.236. The second-order valence-electron chi connectivity index (χ2n) is 10.7. The molecular formula is C34H35N3O5S. The molecule has 1 aliphatic rings. The summed E-state index contributed by atoms with van der Waals surface area (Å²) in [5, 5.41) is 11.4. The molecule has 0 saturated heterocycles.